The summed E-state index contributed by atoms with van der Waals surface area (Å²) >= 11 is 5.61. The molecular weight excluding hydrogens is 148 g/mol. The lowest BCUT2D eigenvalue weighted by Crippen LogP contribution is -1.86. The summed E-state index contributed by atoms with van der Waals surface area (Å²) in [6.07, 6.45) is -0.655. The van der Waals surface area contributed by atoms with Crippen LogP contribution in [-0.2, 0) is 5.11 Å². The molecule has 0 N–H and O–H groups in total. The van der Waals surface area contributed by atoms with Gasteiger partial charge in [0.05, 0.1) is 0 Å². The van der Waals surface area contributed by atoms with Crippen LogP contribution >= 0.6 is 11.6 Å². The standard InChI is InChI=1S/C8H8ClO/c1-6(10)7-2-4-8(9)5-3-7/h2-6H,1H3. The summed E-state index contributed by atoms with van der Waals surface area (Å²) in [5.41, 5.74) is 0.782. The molecular formula is C8H8ClO. The van der Waals surface area contributed by atoms with Crippen molar-refractivity contribution in [3.05, 3.63) is 34.9 Å². The van der Waals surface area contributed by atoms with Crippen LogP contribution in [0, 0.1) is 0 Å². The summed E-state index contributed by atoms with van der Waals surface area (Å²) < 4.78 is 0. The quantitative estimate of drug-likeness (QED) is 0.595. The first kappa shape index (κ1) is 7.58. The molecule has 0 aliphatic carbocycles. The highest BCUT2D eigenvalue weighted by Crippen LogP contribution is 2.15. The molecule has 0 aliphatic rings. The monoisotopic (exact) mass is 155 g/mol. The first-order valence-corrected chi connectivity index (χ1v) is 3.49. The lowest BCUT2D eigenvalue weighted by atomic mass is 10.1. The Morgan fingerprint density at radius 3 is 2.20 bits per heavy atom. The van der Waals surface area contributed by atoms with E-state index in [1.165, 1.54) is 0 Å². The fraction of sp³-hybridized carbons (Fsp3) is 0.250. The van der Waals surface area contributed by atoms with Gasteiger partial charge in [-0.15, -0.1) is 0 Å². The Morgan fingerprint density at radius 2 is 1.80 bits per heavy atom. The topological polar surface area (TPSA) is 19.9 Å². The Kier molecular flexibility index (Phi) is 2.30. The zero-order valence-electron chi connectivity index (χ0n) is 5.67. The van der Waals surface area contributed by atoms with Crippen LogP contribution in [0.3, 0.4) is 0 Å². The van der Waals surface area contributed by atoms with E-state index < -0.39 is 6.10 Å². The molecule has 1 rings (SSSR count). The van der Waals surface area contributed by atoms with Crippen molar-refractivity contribution in [1.82, 2.24) is 0 Å². The van der Waals surface area contributed by atoms with Crippen molar-refractivity contribution in [2.45, 2.75) is 13.0 Å². The van der Waals surface area contributed by atoms with E-state index in [0.717, 1.165) is 5.56 Å². The molecule has 1 radical (unpaired) electrons. The maximum atomic E-state index is 10.8. The van der Waals surface area contributed by atoms with Gasteiger partial charge >= 0.3 is 0 Å². The molecule has 0 fully saturated rings. The molecule has 0 aliphatic heterocycles. The highest BCUT2D eigenvalue weighted by Gasteiger charge is 1.99. The van der Waals surface area contributed by atoms with Crippen LogP contribution in [-0.4, -0.2) is 0 Å². The van der Waals surface area contributed by atoms with Crippen LogP contribution in [0.25, 0.3) is 0 Å². The van der Waals surface area contributed by atoms with Crippen LogP contribution < -0.4 is 0 Å². The largest absolute Gasteiger partial charge is 0.228 e. The molecule has 10 heavy (non-hydrogen) atoms. The molecule has 0 bridgehead atoms. The van der Waals surface area contributed by atoms with Crippen molar-refractivity contribution in [3.8, 4) is 0 Å². The zero-order chi connectivity index (χ0) is 7.56. The van der Waals surface area contributed by atoms with E-state index in [9.17, 15) is 5.11 Å². The summed E-state index contributed by atoms with van der Waals surface area (Å²) in [7, 11) is 0. The smallest absolute Gasteiger partial charge is 0.115 e. The first-order chi connectivity index (χ1) is 4.70. The summed E-state index contributed by atoms with van der Waals surface area (Å²) in [6, 6.07) is 6.95. The molecule has 1 nitrogen and oxygen atoms in total. The number of benzene rings is 1. The third-order valence-electron chi connectivity index (χ3n) is 1.34. The minimum atomic E-state index is -0.655. The van der Waals surface area contributed by atoms with Gasteiger partial charge in [-0.25, -0.2) is 5.11 Å². The van der Waals surface area contributed by atoms with E-state index >= 15 is 0 Å². The lowest BCUT2D eigenvalue weighted by Gasteiger charge is -1.99. The van der Waals surface area contributed by atoms with Gasteiger partial charge < -0.3 is 0 Å². The Balaban J connectivity index is 2.89. The second kappa shape index (κ2) is 3.04. The van der Waals surface area contributed by atoms with Crippen molar-refractivity contribution in [3.63, 3.8) is 0 Å². The summed E-state index contributed by atoms with van der Waals surface area (Å²) in [4.78, 5) is 0. The third kappa shape index (κ3) is 1.72. The highest BCUT2D eigenvalue weighted by atomic mass is 35.5. The molecule has 0 saturated carbocycles. The van der Waals surface area contributed by atoms with Gasteiger partial charge in [0.15, 0.2) is 0 Å². The summed E-state index contributed by atoms with van der Waals surface area (Å²) in [5.74, 6) is 0. The van der Waals surface area contributed by atoms with E-state index in [-0.39, 0.29) is 0 Å². The van der Waals surface area contributed by atoms with Crippen LogP contribution in [0.4, 0.5) is 0 Å². The molecule has 0 heterocycles. The normalized spacial score (nSPS) is 13.1. The Hall–Kier alpha value is -0.530. The van der Waals surface area contributed by atoms with Crippen molar-refractivity contribution in [1.29, 1.82) is 0 Å². The van der Waals surface area contributed by atoms with Gasteiger partial charge in [0.2, 0.25) is 0 Å². The molecule has 1 aromatic carbocycles. The van der Waals surface area contributed by atoms with Gasteiger partial charge in [-0.3, -0.25) is 0 Å². The number of hydrogen-bond donors (Lipinski definition) is 0. The molecule has 1 unspecified atom stereocenters. The van der Waals surface area contributed by atoms with Crippen molar-refractivity contribution in [2.24, 2.45) is 0 Å². The second-order valence-corrected chi connectivity index (χ2v) is 2.63. The highest BCUT2D eigenvalue weighted by molar-refractivity contribution is 6.30. The van der Waals surface area contributed by atoms with E-state index in [1.54, 1.807) is 31.2 Å². The maximum absolute atomic E-state index is 10.8. The van der Waals surface area contributed by atoms with Crippen molar-refractivity contribution in [2.75, 3.05) is 0 Å². The predicted octanol–water partition coefficient (Wildman–Crippen LogP) is 2.83. The van der Waals surface area contributed by atoms with Crippen LogP contribution in [0.2, 0.25) is 5.02 Å². The maximum Gasteiger partial charge on any atom is 0.115 e. The summed E-state index contributed by atoms with van der Waals surface area (Å²) in [5, 5.41) is 11.5. The molecule has 2 heteroatoms. The molecule has 53 valence electrons. The van der Waals surface area contributed by atoms with Gasteiger partial charge in [0.1, 0.15) is 6.10 Å². The molecule has 0 saturated heterocycles. The average molecular weight is 156 g/mol. The van der Waals surface area contributed by atoms with Gasteiger partial charge in [-0.05, 0) is 24.6 Å². The predicted molar refractivity (Wildman–Crippen MR) is 40.6 cm³/mol. The fourth-order valence-electron chi connectivity index (χ4n) is 0.734. The lowest BCUT2D eigenvalue weighted by molar-refractivity contribution is 0.106. The van der Waals surface area contributed by atoms with Gasteiger partial charge in [0.25, 0.3) is 0 Å². The number of hydrogen-bond acceptors (Lipinski definition) is 0. The molecule has 0 amide bonds. The van der Waals surface area contributed by atoms with E-state index in [0.29, 0.717) is 5.02 Å². The van der Waals surface area contributed by atoms with Crippen LogP contribution in [0.1, 0.15) is 18.6 Å². The molecule has 0 aromatic heterocycles. The molecule has 1 aromatic rings. The van der Waals surface area contributed by atoms with Gasteiger partial charge in [-0.1, -0.05) is 23.7 Å². The zero-order valence-corrected chi connectivity index (χ0v) is 6.43. The Morgan fingerprint density at radius 1 is 1.30 bits per heavy atom. The van der Waals surface area contributed by atoms with Crippen molar-refractivity contribution < 1.29 is 5.11 Å². The third-order valence-corrected chi connectivity index (χ3v) is 1.59. The van der Waals surface area contributed by atoms with Crippen LogP contribution in [0.5, 0.6) is 0 Å². The average Bonchev–Trinajstić information content (AvgIpc) is 1.88. The second-order valence-electron chi connectivity index (χ2n) is 2.19. The number of rotatable bonds is 1. The van der Waals surface area contributed by atoms with Gasteiger partial charge in [0, 0.05) is 5.02 Å². The first-order valence-electron chi connectivity index (χ1n) is 3.11. The minimum absolute atomic E-state index is 0.655. The minimum Gasteiger partial charge on any atom is -0.228 e. The Labute approximate surface area is 65.3 Å². The van der Waals surface area contributed by atoms with E-state index in [2.05, 4.69) is 0 Å². The fourth-order valence-corrected chi connectivity index (χ4v) is 0.860. The van der Waals surface area contributed by atoms with E-state index in [4.69, 9.17) is 11.6 Å². The van der Waals surface area contributed by atoms with Crippen molar-refractivity contribution >= 4 is 11.6 Å². The molecule has 0 spiro atoms. The Bertz CT molecular complexity index is 203. The number of halogens is 1. The van der Waals surface area contributed by atoms with Crippen LogP contribution in [0.15, 0.2) is 24.3 Å². The SMILES string of the molecule is CC([O])c1ccc(Cl)cc1. The summed E-state index contributed by atoms with van der Waals surface area (Å²) in [6.45, 7) is 1.61. The van der Waals surface area contributed by atoms with E-state index in [1.807, 2.05) is 0 Å². The van der Waals surface area contributed by atoms with Gasteiger partial charge in [-0.2, -0.15) is 0 Å². The molecule has 1 atom stereocenters.